The molecule has 0 fully saturated rings. The Morgan fingerprint density at radius 1 is 1.10 bits per heavy atom. The van der Waals surface area contributed by atoms with Crippen molar-refractivity contribution in [1.82, 2.24) is 15.0 Å². The van der Waals surface area contributed by atoms with Crippen LogP contribution >= 0.6 is 23.2 Å². The number of hydrogen-bond acceptors (Lipinski definition) is 6. The average molecular weight is 329 g/mol. The first-order valence-electron chi connectivity index (χ1n) is 6.29. The van der Waals surface area contributed by atoms with E-state index in [0.717, 1.165) is 13.0 Å². The van der Waals surface area contributed by atoms with Crippen molar-refractivity contribution in [3.05, 3.63) is 28.2 Å². The van der Waals surface area contributed by atoms with Gasteiger partial charge in [-0.1, -0.05) is 30.1 Å². The normalized spacial score (nSPS) is 10.3. The van der Waals surface area contributed by atoms with Gasteiger partial charge in [-0.25, -0.2) is 0 Å². The molecule has 0 atom stereocenters. The molecule has 2 aromatic rings. The van der Waals surface area contributed by atoms with Crippen LogP contribution in [-0.4, -0.2) is 28.6 Å². The molecule has 0 saturated heterocycles. The number of nitrogens with zero attached hydrogens (tertiary/aromatic N) is 3. The number of halogens is 2. The van der Waals surface area contributed by atoms with Gasteiger partial charge in [0.15, 0.2) is 0 Å². The number of anilines is 1. The summed E-state index contributed by atoms with van der Waals surface area (Å²) in [5.74, 6) is 0.859. The lowest BCUT2D eigenvalue weighted by Gasteiger charge is -2.08. The van der Waals surface area contributed by atoms with Gasteiger partial charge in [0, 0.05) is 12.6 Å². The van der Waals surface area contributed by atoms with E-state index in [1.54, 1.807) is 18.2 Å². The summed E-state index contributed by atoms with van der Waals surface area (Å²) in [4.78, 5) is 12.3. The van der Waals surface area contributed by atoms with E-state index < -0.39 is 0 Å². The van der Waals surface area contributed by atoms with Crippen LogP contribution in [0.5, 0.6) is 17.8 Å². The Morgan fingerprint density at radius 2 is 1.86 bits per heavy atom. The summed E-state index contributed by atoms with van der Waals surface area (Å²) in [5.41, 5.74) is 0. The van der Waals surface area contributed by atoms with Gasteiger partial charge in [0.25, 0.3) is 0 Å². The van der Waals surface area contributed by atoms with Crippen LogP contribution in [0.25, 0.3) is 0 Å². The second-order valence-corrected chi connectivity index (χ2v) is 4.85. The smallest absolute Gasteiger partial charge is 0.330 e. The summed E-state index contributed by atoms with van der Waals surface area (Å²) in [7, 11) is 1.47. The lowest BCUT2D eigenvalue weighted by atomic mass is 10.3. The predicted molar refractivity (Wildman–Crippen MR) is 81.7 cm³/mol. The Bertz CT molecular complexity index is 625. The summed E-state index contributed by atoms with van der Waals surface area (Å²) in [6, 6.07) is 5.16. The molecule has 0 amide bonds. The van der Waals surface area contributed by atoms with Crippen molar-refractivity contribution < 1.29 is 9.47 Å². The number of aromatic nitrogens is 3. The first kappa shape index (κ1) is 15.6. The molecule has 0 aliphatic carbocycles. The van der Waals surface area contributed by atoms with Crippen LogP contribution < -0.4 is 14.8 Å². The van der Waals surface area contributed by atoms with Gasteiger partial charge in [-0.3, -0.25) is 0 Å². The van der Waals surface area contributed by atoms with Gasteiger partial charge in [0.05, 0.1) is 17.2 Å². The maximum Gasteiger partial charge on any atom is 0.330 e. The molecule has 0 bridgehead atoms. The van der Waals surface area contributed by atoms with Crippen molar-refractivity contribution in [3.8, 4) is 17.8 Å². The molecule has 1 aromatic carbocycles. The number of rotatable bonds is 6. The maximum absolute atomic E-state index is 5.94. The van der Waals surface area contributed by atoms with Crippen LogP contribution in [0.3, 0.4) is 0 Å². The Labute approximate surface area is 132 Å². The van der Waals surface area contributed by atoms with Crippen LogP contribution in [0.4, 0.5) is 5.95 Å². The molecule has 6 nitrogen and oxygen atoms in total. The highest BCUT2D eigenvalue weighted by Gasteiger charge is 2.09. The van der Waals surface area contributed by atoms with E-state index in [1.807, 2.05) is 6.92 Å². The molecule has 0 saturated carbocycles. The molecular formula is C13H14Cl2N4O2. The van der Waals surface area contributed by atoms with Crippen LogP contribution in [0.15, 0.2) is 18.2 Å². The maximum atomic E-state index is 5.94. The summed E-state index contributed by atoms with van der Waals surface area (Å²) in [5, 5.41) is 3.88. The first-order valence-corrected chi connectivity index (χ1v) is 7.04. The molecule has 1 N–H and O–H groups in total. The molecule has 112 valence electrons. The topological polar surface area (TPSA) is 69.2 Å². The minimum atomic E-state index is 0.110. The van der Waals surface area contributed by atoms with Gasteiger partial charge >= 0.3 is 12.0 Å². The SMILES string of the molecule is CCCNc1nc(OC)nc(Oc2ccc(Cl)c(Cl)c2)n1. The van der Waals surface area contributed by atoms with Crippen LogP contribution in [-0.2, 0) is 0 Å². The highest BCUT2D eigenvalue weighted by molar-refractivity contribution is 6.42. The zero-order chi connectivity index (χ0) is 15.2. The second-order valence-electron chi connectivity index (χ2n) is 4.03. The van der Waals surface area contributed by atoms with Crippen molar-refractivity contribution in [1.29, 1.82) is 0 Å². The highest BCUT2D eigenvalue weighted by Crippen LogP contribution is 2.28. The number of benzene rings is 1. The molecule has 0 radical (unpaired) electrons. The molecule has 0 aliphatic heterocycles. The molecule has 1 heterocycles. The zero-order valence-corrected chi connectivity index (χ0v) is 13.1. The quantitative estimate of drug-likeness (QED) is 0.869. The molecule has 2 rings (SSSR count). The number of ether oxygens (including phenoxy) is 2. The van der Waals surface area contributed by atoms with Crippen molar-refractivity contribution in [2.75, 3.05) is 19.0 Å². The Hall–Kier alpha value is -1.79. The van der Waals surface area contributed by atoms with Crippen LogP contribution in [0.1, 0.15) is 13.3 Å². The molecule has 0 unspecified atom stereocenters. The van der Waals surface area contributed by atoms with Gasteiger partial charge < -0.3 is 14.8 Å². The molecule has 1 aromatic heterocycles. The minimum Gasteiger partial charge on any atom is -0.467 e. The second kappa shape index (κ2) is 7.28. The van der Waals surface area contributed by atoms with E-state index in [9.17, 15) is 0 Å². The lowest BCUT2D eigenvalue weighted by Crippen LogP contribution is -2.07. The fraction of sp³-hybridized carbons (Fsp3) is 0.308. The third kappa shape index (κ3) is 4.34. The predicted octanol–water partition coefficient (Wildman–Crippen LogP) is 3.80. The highest BCUT2D eigenvalue weighted by atomic mass is 35.5. The monoisotopic (exact) mass is 328 g/mol. The van der Waals surface area contributed by atoms with Crippen LogP contribution in [0.2, 0.25) is 10.0 Å². The van der Waals surface area contributed by atoms with Crippen molar-refractivity contribution in [3.63, 3.8) is 0 Å². The average Bonchev–Trinajstić information content (AvgIpc) is 2.48. The van der Waals surface area contributed by atoms with E-state index in [2.05, 4.69) is 20.3 Å². The van der Waals surface area contributed by atoms with E-state index in [4.69, 9.17) is 32.7 Å². The van der Waals surface area contributed by atoms with E-state index in [-0.39, 0.29) is 12.0 Å². The molecular weight excluding hydrogens is 315 g/mol. The number of nitrogens with one attached hydrogen (secondary N) is 1. The molecule has 21 heavy (non-hydrogen) atoms. The van der Waals surface area contributed by atoms with Crippen molar-refractivity contribution in [2.24, 2.45) is 0 Å². The largest absolute Gasteiger partial charge is 0.467 e. The fourth-order valence-electron chi connectivity index (χ4n) is 1.44. The molecule has 0 spiro atoms. The number of hydrogen-bond donors (Lipinski definition) is 1. The van der Waals surface area contributed by atoms with Gasteiger partial charge in [0.2, 0.25) is 5.95 Å². The Morgan fingerprint density at radius 3 is 2.52 bits per heavy atom. The first-order chi connectivity index (χ1) is 10.1. The van der Waals surface area contributed by atoms with E-state index in [1.165, 1.54) is 7.11 Å². The summed E-state index contributed by atoms with van der Waals surface area (Å²) >= 11 is 11.8. The minimum absolute atomic E-state index is 0.110. The van der Waals surface area contributed by atoms with E-state index >= 15 is 0 Å². The van der Waals surface area contributed by atoms with Gasteiger partial charge in [-0.2, -0.15) is 9.97 Å². The van der Waals surface area contributed by atoms with Gasteiger partial charge in [0.1, 0.15) is 5.75 Å². The van der Waals surface area contributed by atoms with Gasteiger partial charge in [-0.15, -0.1) is 4.98 Å². The Kier molecular flexibility index (Phi) is 5.41. The summed E-state index contributed by atoms with van der Waals surface area (Å²) in [6.45, 7) is 2.78. The van der Waals surface area contributed by atoms with Crippen LogP contribution in [0, 0.1) is 0 Å². The van der Waals surface area contributed by atoms with Crippen molar-refractivity contribution in [2.45, 2.75) is 13.3 Å². The fourth-order valence-corrected chi connectivity index (χ4v) is 1.72. The lowest BCUT2D eigenvalue weighted by molar-refractivity contribution is 0.360. The third-order valence-corrected chi connectivity index (χ3v) is 3.15. The number of methoxy groups -OCH3 is 1. The molecule has 8 heteroatoms. The standard InChI is InChI=1S/C13H14Cl2N4O2/c1-3-6-16-11-17-12(20-2)19-13(18-11)21-8-4-5-9(14)10(15)7-8/h4-5,7H,3,6H2,1-2H3,(H,16,17,18,19). The zero-order valence-electron chi connectivity index (χ0n) is 11.6. The third-order valence-electron chi connectivity index (χ3n) is 2.41. The Balaban J connectivity index is 2.23. The summed E-state index contributed by atoms with van der Waals surface area (Å²) < 4.78 is 10.6. The van der Waals surface area contributed by atoms with Gasteiger partial charge in [-0.05, 0) is 18.6 Å². The van der Waals surface area contributed by atoms with Crippen molar-refractivity contribution >= 4 is 29.2 Å². The summed E-state index contributed by atoms with van der Waals surface area (Å²) in [6.07, 6.45) is 0.941. The van der Waals surface area contributed by atoms with E-state index in [0.29, 0.717) is 21.7 Å². The molecule has 0 aliphatic rings.